The summed E-state index contributed by atoms with van der Waals surface area (Å²) < 4.78 is 24.0. The number of hydrogen-bond donors (Lipinski definition) is 1. The van der Waals surface area contributed by atoms with Crippen LogP contribution in [0.3, 0.4) is 0 Å². The minimum absolute atomic E-state index is 0.0471. The lowest BCUT2D eigenvalue weighted by Gasteiger charge is -2.29. The van der Waals surface area contributed by atoms with Gasteiger partial charge in [0.15, 0.2) is 9.84 Å². The number of sulfone groups is 1. The molecule has 9 heteroatoms. The van der Waals surface area contributed by atoms with Crippen LogP contribution in [0.2, 0.25) is 0 Å². The molecular weight excluding hydrogens is 334 g/mol. The number of benzene rings is 1. The van der Waals surface area contributed by atoms with Crippen molar-refractivity contribution in [1.29, 1.82) is 5.26 Å². The molecule has 3 amide bonds. The molecule has 8 nitrogen and oxygen atoms in total. The number of nitrogens with one attached hydrogen (secondary N) is 1. The van der Waals surface area contributed by atoms with Crippen LogP contribution < -0.4 is 5.32 Å². The van der Waals surface area contributed by atoms with Gasteiger partial charge in [0.2, 0.25) is 11.8 Å². The maximum Gasteiger partial charge on any atom is 0.255 e. The molecule has 0 radical (unpaired) electrons. The summed E-state index contributed by atoms with van der Waals surface area (Å²) in [5.41, 5.74) is 0.457. The summed E-state index contributed by atoms with van der Waals surface area (Å²) >= 11 is 0. The van der Waals surface area contributed by atoms with Crippen molar-refractivity contribution in [3.8, 4) is 6.07 Å². The first-order valence-corrected chi connectivity index (χ1v) is 9.03. The van der Waals surface area contributed by atoms with Crippen molar-refractivity contribution in [3.05, 3.63) is 28.8 Å². The summed E-state index contributed by atoms with van der Waals surface area (Å²) in [5, 5.41) is 11.2. The molecule has 2 heterocycles. The number of imide groups is 1. The maximum absolute atomic E-state index is 12.6. The van der Waals surface area contributed by atoms with E-state index in [1.807, 2.05) is 6.07 Å². The van der Waals surface area contributed by atoms with Gasteiger partial charge in [-0.2, -0.15) is 5.26 Å². The molecule has 1 aromatic carbocycles. The predicted octanol–water partition coefficient (Wildman–Crippen LogP) is -0.277. The van der Waals surface area contributed by atoms with Crippen molar-refractivity contribution < 1.29 is 22.8 Å². The molecule has 0 spiro atoms. The normalized spacial score (nSPS) is 20.6. The third kappa shape index (κ3) is 2.55. The van der Waals surface area contributed by atoms with Crippen molar-refractivity contribution in [2.24, 2.45) is 0 Å². The molecule has 3 rings (SSSR count). The van der Waals surface area contributed by atoms with Gasteiger partial charge in [-0.25, -0.2) is 8.42 Å². The number of nitriles is 1. The van der Waals surface area contributed by atoms with E-state index in [-0.39, 0.29) is 41.0 Å². The van der Waals surface area contributed by atoms with E-state index in [4.69, 9.17) is 5.26 Å². The lowest BCUT2D eigenvalue weighted by molar-refractivity contribution is -0.136. The van der Waals surface area contributed by atoms with Gasteiger partial charge in [0, 0.05) is 30.3 Å². The molecule has 1 atom stereocenters. The summed E-state index contributed by atoms with van der Waals surface area (Å²) in [4.78, 5) is 37.0. The van der Waals surface area contributed by atoms with E-state index >= 15 is 0 Å². The van der Waals surface area contributed by atoms with Crippen LogP contribution in [0.15, 0.2) is 17.0 Å². The highest BCUT2D eigenvalue weighted by Crippen LogP contribution is 2.32. The topological polar surface area (TPSA) is 124 Å². The maximum atomic E-state index is 12.6. The number of fused-ring (bicyclic) bond motifs is 1. The fraction of sp³-hybridized carbons (Fsp3) is 0.333. The Hall–Kier alpha value is -2.73. The molecule has 0 aromatic heterocycles. The van der Waals surface area contributed by atoms with E-state index in [9.17, 15) is 22.8 Å². The molecule has 1 unspecified atom stereocenters. The monoisotopic (exact) mass is 347 g/mol. The van der Waals surface area contributed by atoms with Crippen LogP contribution in [0.5, 0.6) is 0 Å². The molecule has 24 heavy (non-hydrogen) atoms. The second-order valence-electron chi connectivity index (χ2n) is 5.78. The van der Waals surface area contributed by atoms with Gasteiger partial charge in [0.25, 0.3) is 5.91 Å². The Balaban J connectivity index is 2.06. The summed E-state index contributed by atoms with van der Waals surface area (Å²) in [6, 6.07) is 3.57. The highest BCUT2D eigenvalue weighted by molar-refractivity contribution is 7.90. The second kappa shape index (κ2) is 5.42. The zero-order chi connectivity index (χ0) is 17.6. The average molecular weight is 347 g/mol. The SMILES string of the molecule is CS(=O)(=O)c1cc(C#N)cc2c1CN(C1CCC(=O)NC1=O)C2=O. The summed E-state index contributed by atoms with van der Waals surface area (Å²) in [6.07, 6.45) is 1.30. The Morgan fingerprint density at radius 1 is 1.29 bits per heavy atom. The Morgan fingerprint density at radius 2 is 2.00 bits per heavy atom. The van der Waals surface area contributed by atoms with Crippen molar-refractivity contribution in [3.63, 3.8) is 0 Å². The Kier molecular flexibility index (Phi) is 3.64. The number of rotatable bonds is 2. The van der Waals surface area contributed by atoms with Gasteiger partial charge in [-0.05, 0) is 18.6 Å². The van der Waals surface area contributed by atoms with Crippen LogP contribution in [0.25, 0.3) is 0 Å². The fourth-order valence-electron chi connectivity index (χ4n) is 3.02. The Bertz CT molecular complexity index is 929. The molecule has 0 bridgehead atoms. The molecule has 1 fully saturated rings. The molecule has 2 aliphatic rings. The molecule has 1 saturated heterocycles. The largest absolute Gasteiger partial charge is 0.322 e. The van der Waals surface area contributed by atoms with Crippen LogP contribution in [-0.4, -0.2) is 43.3 Å². The van der Waals surface area contributed by atoms with E-state index in [0.29, 0.717) is 0 Å². The average Bonchev–Trinajstić information content (AvgIpc) is 2.82. The van der Waals surface area contributed by atoms with Gasteiger partial charge in [0.1, 0.15) is 6.04 Å². The van der Waals surface area contributed by atoms with Gasteiger partial charge in [-0.1, -0.05) is 0 Å². The van der Waals surface area contributed by atoms with E-state index in [1.165, 1.54) is 17.0 Å². The van der Waals surface area contributed by atoms with Gasteiger partial charge in [0.05, 0.1) is 16.5 Å². The number of carbonyl (C=O) groups is 3. The van der Waals surface area contributed by atoms with Gasteiger partial charge in [-0.15, -0.1) is 0 Å². The predicted molar refractivity (Wildman–Crippen MR) is 80.3 cm³/mol. The molecule has 2 aliphatic heterocycles. The summed E-state index contributed by atoms with van der Waals surface area (Å²) in [7, 11) is -3.65. The molecular formula is C15H13N3O5S. The van der Waals surface area contributed by atoms with Crippen LogP contribution >= 0.6 is 0 Å². The number of amides is 3. The standard InChI is InChI=1S/C15H13N3O5S/c1-24(22,23)12-5-8(6-16)4-9-10(12)7-18(15(9)21)11-2-3-13(19)17-14(11)20/h4-5,11H,2-3,7H2,1H3,(H,17,19,20). The highest BCUT2D eigenvalue weighted by atomic mass is 32.2. The second-order valence-corrected chi connectivity index (χ2v) is 7.77. The first kappa shape index (κ1) is 16.1. The van der Waals surface area contributed by atoms with E-state index < -0.39 is 33.6 Å². The van der Waals surface area contributed by atoms with E-state index in [2.05, 4.69) is 5.32 Å². The van der Waals surface area contributed by atoms with Crippen molar-refractivity contribution in [1.82, 2.24) is 10.2 Å². The molecule has 0 aliphatic carbocycles. The Labute approximate surface area is 138 Å². The van der Waals surface area contributed by atoms with Crippen molar-refractivity contribution in [2.75, 3.05) is 6.26 Å². The Morgan fingerprint density at radius 3 is 2.58 bits per heavy atom. The molecule has 1 aromatic rings. The number of piperidine rings is 1. The third-order valence-corrected chi connectivity index (χ3v) is 5.31. The van der Waals surface area contributed by atoms with Crippen LogP contribution in [0.1, 0.15) is 34.3 Å². The minimum atomic E-state index is -3.65. The zero-order valence-corrected chi connectivity index (χ0v) is 13.5. The minimum Gasteiger partial charge on any atom is -0.322 e. The zero-order valence-electron chi connectivity index (χ0n) is 12.7. The van der Waals surface area contributed by atoms with Crippen LogP contribution in [-0.2, 0) is 26.0 Å². The smallest absolute Gasteiger partial charge is 0.255 e. The van der Waals surface area contributed by atoms with Gasteiger partial charge in [-0.3, -0.25) is 19.7 Å². The fourth-order valence-corrected chi connectivity index (χ4v) is 3.99. The summed E-state index contributed by atoms with van der Waals surface area (Å²) in [6.45, 7) is -0.0471. The molecule has 0 saturated carbocycles. The van der Waals surface area contributed by atoms with Gasteiger partial charge < -0.3 is 4.90 Å². The van der Waals surface area contributed by atoms with Crippen LogP contribution in [0, 0.1) is 11.3 Å². The first-order chi connectivity index (χ1) is 11.2. The van der Waals surface area contributed by atoms with E-state index in [0.717, 1.165) is 6.26 Å². The first-order valence-electron chi connectivity index (χ1n) is 7.14. The summed E-state index contributed by atoms with van der Waals surface area (Å²) in [5.74, 6) is -1.49. The van der Waals surface area contributed by atoms with Gasteiger partial charge >= 0.3 is 0 Å². The number of hydrogen-bond acceptors (Lipinski definition) is 6. The number of carbonyl (C=O) groups excluding carboxylic acids is 3. The van der Waals surface area contributed by atoms with Crippen molar-refractivity contribution in [2.45, 2.75) is 30.3 Å². The lowest BCUT2D eigenvalue weighted by atomic mass is 10.0. The van der Waals surface area contributed by atoms with E-state index in [1.54, 1.807) is 0 Å². The third-order valence-electron chi connectivity index (χ3n) is 4.14. The number of nitrogens with zero attached hydrogens (tertiary/aromatic N) is 2. The van der Waals surface area contributed by atoms with Crippen molar-refractivity contribution >= 4 is 27.6 Å². The van der Waals surface area contributed by atoms with Crippen LogP contribution in [0.4, 0.5) is 0 Å². The highest BCUT2D eigenvalue weighted by Gasteiger charge is 2.41. The molecule has 124 valence electrons. The quantitative estimate of drug-likeness (QED) is 0.734. The molecule has 1 N–H and O–H groups in total. The lowest BCUT2D eigenvalue weighted by Crippen LogP contribution is -2.52.